The maximum Gasteiger partial charge on any atom is 0.344 e. The molecular formula is C30H25N5O5. The van der Waals surface area contributed by atoms with Gasteiger partial charge in [0.05, 0.1) is 28.6 Å². The van der Waals surface area contributed by atoms with Crippen LogP contribution in [-0.4, -0.2) is 37.9 Å². The molecule has 0 saturated carbocycles. The molecule has 0 bridgehead atoms. The Labute approximate surface area is 229 Å². The van der Waals surface area contributed by atoms with Gasteiger partial charge < -0.3 is 14.6 Å². The molecule has 40 heavy (non-hydrogen) atoms. The molecule has 200 valence electrons. The van der Waals surface area contributed by atoms with Crippen LogP contribution in [0.1, 0.15) is 41.4 Å². The van der Waals surface area contributed by atoms with Crippen LogP contribution in [0.5, 0.6) is 0 Å². The summed E-state index contributed by atoms with van der Waals surface area (Å²) in [7, 11) is 0. The summed E-state index contributed by atoms with van der Waals surface area (Å²) in [5.74, 6) is -1.01. The molecular weight excluding hydrogens is 510 g/mol. The van der Waals surface area contributed by atoms with Crippen molar-refractivity contribution in [3.05, 3.63) is 112 Å². The first-order chi connectivity index (χ1) is 19.4. The third kappa shape index (κ3) is 5.14. The number of benzene rings is 3. The zero-order chi connectivity index (χ0) is 28.2. The average Bonchev–Trinajstić information content (AvgIpc) is 3.27. The Morgan fingerprint density at radius 1 is 1.02 bits per heavy atom. The standard InChI is InChI=1S/C30H25N5O5/c1-3-40-30(37)26-27-29(32-24-15-8-7-14-23(24)31-27)34(19(2)21-11-5-4-6-12-21)28(26)33-25(36)17-16-20-10-9-13-22(18-20)35(38)39/h4-19H,3H2,1-2H3,(H,33,36)/b17-16+. The Bertz CT molecular complexity index is 1780. The van der Waals surface area contributed by atoms with E-state index in [2.05, 4.69) is 5.32 Å². The molecule has 3 aromatic carbocycles. The van der Waals surface area contributed by atoms with Gasteiger partial charge in [0, 0.05) is 18.2 Å². The smallest absolute Gasteiger partial charge is 0.344 e. The second kappa shape index (κ2) is 11.2. The Kier molecular flexibility index (Phi) is 7.32. The fourth-order valence-electron chi connectivity index (χ4n) is 4.51. The number of nitro groups is 1. The minimum absolute atomic E-state index is 0.0896. The highest BCUT2D eigenvalue weighted by atomic mass is 16.6. The Balaban J connectivity index is 1.67. The molecule has 1 unspecified atom stereocenters. The van der Waals surface area contributed by atoms with E-state index in [0.717, 1.165) is 5.56 Å². The van der Waals surface area contributed by atoms with Gasteiger partial charge in [-0.3, -0.25) is 14.9 Å². The fraction of sp³-hybridized carbons (Fsp3) is 0.133. The zero-order valence-electron chi connectivity index (χ0n) is 21.8. The summed E-state index contributed by atoms with van der Waals surface area (Å²) in [5, 5.41) is 14.0. The highest BCUT2D eigenvalue weighted by Gasteiger charge is 2.30. The lowest BCUT2D eigenvalue weighted by Gasteiger charge is -2.19. The van der Waals surface area contributed by atoms with E-state index in [9.17, 15) is 19.7 Å². The van der Waals surface area contributed by atoms with Gasteiger partial charge in [-0.15, -0.1) is 0 Å². The zero-order valence-corrected chi connectivity index (χ0v) is 21.8. The van der Waals surface area contributed by atoms with Gasteiger partial charge in [-0.2, -0.15) is 0 Å². The number of hydrogen-bond donors (Lipinski definition) is 1. The molecule has 5 aromatic rings. The van der Waals surface area contributed by atoms with Gasteiger partial charge in [-0.25, -0.2) is 14.8 Å². The molecule has 5 rings (SSSR count). The van der Waals surface area contributed by atoms with Gasteiger partial charge in [-0.1, -0.05) is 54.6 Å². The second-order valence-electron chi connectivity index (χ2n) is 8.96. The maximum atomic E-state index is 13.3. The van der Waals surface area contributed by atoms with Gasteiger partial charge in [0.1, 0.15) is 16.9 Å². The van der Waals surface area contributed by atoms with E-state index >= 15 is 0 Å². The van der Waals surface area contributed by atoms with E-state index in [4.69, 9.17) is 14.7 Å². The second-order valence-corrected chi connectivity index (χ2v) is 8.96. The molecule has 0 aliphatic carbocycles. The molecule has 1 atom stereocenters. The predicted molar refractivity (Wildman–Crippen MR) is 152 cm³/mol. The molecule has 0 fully saturated rings. The average molecular weight is 536 g/mol. The first-order valence-corrected chi connectivity index (χ1v) is 12.6. The van der Waals surface area contributed by atoms with Crippen molar-refractivity contribution in [2.24, 2.45) is 0 Å². The summed E-state index contributed by atoms with van der Waals surface area (Å²) < 4.78 is 7.15. The molecule has 0 saturated heterocycles. The maximum absolute atomic E-state index is 13.3. The summed E-state index contributed by atoms with van der Waals surface area (Å²) in [6.07, 6.45) is 2.71. The number of anilines is 1. The minimum Gasteiger partial charge on any atom is -0.462 e. The van der Waals surface area contributed by atoms with Gasteiger partial charge in [0.25, 0.3) is 5.69 Å². The van der Waals surface area contributed by atoms with E-state index in [-0.39, 0.29) is 29.7 Å². The van der Waals surface area contributed by atoms with Crippen molar-refractivity contribution in [2.75, 3.05) is 11.9 Å². The summed E-state index contributed by atoms with van der Waals surface area (Å²) in [6, 6.07) is 22.5. The lowest BCUT2D eigenvalue weighted by atomic mass is 10.1. The number of rotatable bonds is 8. The number of nitrogens with zero attached hydrogens (tertiary/aromatic N) is 4. The lowest BCUT2D eigenvalue weighted by molar-refractivity contribution is -0.384. The van der Waals surface area contributed by atoms with Crippen LogP contribution in [0.2, 0.25) is 0 Å². The van der Waals surface area contributed by atoms with E-state index < -0.39 is 16.8 Å². The largest absolute Gasteiger partial charge is 0.462 e. The van der Waals surface area contributed by atoms with Crippen LogP contribution in [0, 0.1) is 10.1 Å². The first kappa shape index (κ1) is 26.2. The third-order valence-corrected chi connectivity index (χ3v) is 6.39. The number of aromatic nitrogens is 3. The van der Waals surface area contributed by atoms with E-state index in [1.165, 1.54) is 30.4 Å². The number of carbonyl (C=O) groups is 2. The van der Waals surface area contributed by atoms with E-state index in [1.54, 1.807) is 23.6 Å². The Morgan fingerprint density at radius 2 is 1.73 bits per heavy atom. The number of non-ortho nitro benzene ring substituents is 1. The number of nitrogens with one attached hydrogen (secondary N) is 1. The lowest BCUT2D eigenvalue weighted by Crippen LogP contribution is -2.18. The van der Waals surface area contributed by atoms with Crippen molar-refractivity contribution >= 4 is 51.7 Å². The van der Waals surface area contributed by atoms with Gasteiger partial charge >= 0.3 is 5.97 Å². The predicted octanol–water partition coefficient (Wildman–Crippen LogP) is 5.93. The quantitative estimate of drug-likeness (QED) is 0.113. The van der Waals surface area contributed by atoms with Crippen molar-refractivity contribution in [1.82, 2.24) is 14.5 Å². The van der Waals surface area contributed by atoms with Crippen molar-refractivity contribution in [3.63, 3.8) is 0 Å². The molecule has 0 aliphatic heterocycles. The van der Waals surface area contributed by atoms with Crippen LogP contribution in [0.3, 0.4) is 0 Å². The number of hydrogen-bond acceptors (Lipinski definition) is 7. The van der Waals surface area contributed by atoms with Gasteiger partial charge in [-0.05, 0) is 43.2 Å². The summed E-state index contributed by atoms with van der Waals surface area (Å²) in [6.45, 7) is 3.76. The molecule has 0 radical (unpaired) electrons. The number of ether oxygens (including phenoxy) is 1. The molecule has 1 N–H and O–H groups in total. The number of carbonyl (C=O) groups excluding carboxylic acids is 2. The molecule has 1 amide bonds. The number of fused-ring (bicyclic) bond motifs is 2. The van der Waals surface area contributed by atoms with Crippen LogP contribution in [0.15, 0.2) is 84.9 Å². The minimum atomic E-state index is -0.644. The summed E-state index contributed by atoms with van der Waals surface area (Å²) in [4.78, 5) is 46.7. The number of esters is 1. The number of para-hydroxylation sites is 2. The molecule has 0 aliphatic rings. The summed E-state index contributed by atoms with van der Waals surface area (Å²) >= 11 is 0. The number of amides is 1. The SMILES string of the molecule is CCOC(=O)c1c(NC(=O)/C=C/c2cccc([N+](=O)[O-])c2)n(C(C)c2ccccc2)c2nc3ccccc3nc12. The molecule has 2 heterocycles. The summed E-state index contributed by atoms with van der Waals surface area (Å²) in [5.41, 5.74) is 3.34. The van der Waals surface area contributed by atoms with Crippen molar-refractivity contribution in [3.8, 4) is 0 Å². The molecule has 2 aromatic heterocycles. The molecule has 10 heteroatoms. The van der Waals surface area contributed by atoms with E-state index in [1.807, 2.05) is 55.5 Å². The van der Waals surface area contributed by atoms with Crippen molar-refractivity contribution in [2.45, 2.75) is 19.9 Å². The Morgan fingerprint density at radius 3 is 2.42 bits per heavy atom. The first-order valence-electron chi connectivity index (χ1n) is 12.6. The molecule has 10 nitrogen and oxygen atoms in total. The van der Waals surface area contributed by atoms with Crippen LogP contribution in [0.25, 0.3) is 28.3 Å². The van der Waals surface area contributed by atoms with Gasteiger partial charge in [0.2, 0.25) is 5.91 Å². The van der Waals surface area contributed by atoms with E-state index in [0.29, 0.717) is 27.8 Å². The fourth-order valence-corrected chi connectivity index (χ4v) is 4.51. The van der Waals surface area contributed by atoms with Crippen LogP contribution < -0.4 is 5.32 Å². The van der Waals surface area contributed by atoms with Crippen LogP contribution >= 0.6 is 0 Å². The topological polar surface area (TPSA) is 129 Å². The van der Waals surface area contributed by atoms with Crippen LogP contribution in [-0.2, 0) is 9.53 Å². The molecule has 0 spiro atoms. The van der Waals surface area contributed by atoms with Gasteiger partial charge in [0.15, 0.2) is 5.65 Å². The Hall–Kier alpha value is -5.38. The third-order valence-electron chi connectivity index (χ3n) is 6.39. The number of nitro benzene ring substituents is 1. The monoisotopic (exact) mass is 535 g/mol. The normalized spacial score (nSPS) is 12.1. The van der Waals surface area contributed by atoms with Crippen molar-refractivity contribution in [1.29, 1.82) is 0 Å². The highest BCUT2D eigenvalue weighted by molar-refractivity contribution is 6.13. The van der Waals surface area contributed by atoms with Crippen molar-refractivity contribution < 1.29 is 19.2 Å². The van der Waals surface area contributed by atoms with Crippen LogP contribution in [0.4, 0.5) is 11.5 Å². The highest BCUT2D eigenvalue weighted by Crippen LogP contribution is 2.35.